The molecule has 2 rings (SSSR count). The average Bonchev–Trinajstić information content (AvgIpc) is 2.32. The first-order chi connectivity index (χ1) is 8.18. The van der Waals surface area contributed by atoms with Gasteiger partial charge in [0.2, 0.25) is 0 Å². The standard InChI is InChI=1S/C13H10BrNO2/c14-10-6-2-4-8-12(10)15-11-7-3-1-5-9(11)13(16)17/h1-8,15H,(H,16,17). The molecule has 86 valence electrons. The molecular formula is C13H10BrNO2. The zero-order valence-electron chi connectivity index (χ0n) is 8.85. The van der Waals surface area contributed by atoms with Crippen molar-refractivity contribution >= 4 is 33.3 Å². The molecule has 0 saturated carbocycles. The van der Waals surface area contributed by atoms with Gasteiger partial charge in [-0.1, -0.05) is 24.3 Å². The highest BCUT2D eigenvalue weighted by Crippen LogP contribution is 2.27. The SMILES string of the molecule is O=C(O)c1ccccc1Nc1ccccc1Br. The number of halogens is 1. The van der Waals surface area contributed by atoms with Crippen LogP contribution in [-0.2, 0) is 0 Å². The Balaban J connectivity index is 2.37. The molecule has 0 spiro atoms. The molecule has 2 aromatic carbocycles. The quantitative estimate of drug-likeness (QED) is 0.902. The Morgan fingerprint density at radius 2 is 1.59 bits per heavy atom. The summed E-state index contributed by atoms with van der Waals surface area (Å²) in [6, 6.07) is 14.4. The summed E-state index contributed by atoms with van der Waals surface area (Å²) in [5.41, 5.74) is 1.66. The molecule has 0 aliphatic carbocycles. The molecule has 0 bridgehead atoms. The highest BCUT2D eigenvalue weighted by atomic mass is 79.9. The maximum absolute atomic E-state index is 11.0. The van der Waals surface area contributed by atoms with E-state index in [0.717, 1.165) is 10.2 Å². The van der Waals surface area contributed by atoms with Crippen LogP contribution in [0.1, 0.15) is 10.4 Å². The molecule has 0 radical (unpaired) electrons. The fraction of sp³-hybridized carbons (Fsp3) is 0. The van der Waals surface area contributed by atoms with Gasteiger partial charge < -0.3 is 10.4 Å². The topological polar surface area (TPSA) is 49.3 Å². The van der Waals surface area contributed by atoms with Gasteiger partial charge in [0.05, 0.1) is 16.9 Å². The molecule has 0 unspecified atom stereocenters. The van der Waals surface area contributed by atoms with Gasteiger partial charge in [-0.05, 0) is 40.2 Å². The largest absolute Gasteiger partial charge is 0.478 e. The van der Waals surface area contributed by atoms with Crippen LogP contribution in [-0.4, -0.2) is 11.1 Å². The Morgan fingerprint density at radius 3 is 2.24 bits per heavy atom. The van der Waals surface area contributed by atoms with Crippen molar-refractivity contribution in [2.75, 3.05) is 5.32 Å². The number of aromatic carboxylic acids is 1. The van der Waals surface area contributed by atoms with Crippen molar-refractivity contribution in [1.82, 2.24) is 0 Å². The van der Waals surface area contributed by atoms with Crippen molar-refractivity contribution in [3.63, 3.8) is 0 Å². The first kappa shape index (κ1) is 11.7. The lowest BCUT2D eigenvalue weighted by Crippen LogP contribution is -2.02. The minimum absolute atomic E-state index is 0.253. The fourth-order valence-electron chi connectivity index (χ4n) is 1.49. The minimum atomic E-state index is -0.944. The van der Waals surface area contributed by atoms with Crippen LogP contribution in [0.25, 0.3) is 0 Å². The molecule has 0 aliphatic rings. The number of carboxylic acid groups (broad SMARTS) is 1. The summed E-state index contributed by atoms with van der Waals surface area (Å²) in [4.78, 5) is 11.0. The number of hydrogen-bond acceptors (Lipinski definition) is 2. The van der Waals surface area contributed by atoms with E-state index in [4.69, 9.17) is 5.11 Å². The van der Waals surface area contributed by atoms with Crippen molar-refractivity contribution in [2.24, 2.45) is 0 Å². The lowest BCUT2D eigenvalue weighted by atomic mass is 10.1. The van der Waals surface area contributed by atoms with Crippen LogP contribution in [0.4, 0.5) is 11.4 Å². The third-order valence-corrected chi connectivity index (χ3v) is 2.99. The molecule has 2 aromatic rings. The van der Waals surface area contributed by atoms with Crippen molar-refractivity contribution in [2.45, 2.75) is 0 Å². The second-order valence-corrected chi connectivity index (χ2v) is 4.31. The number of anilines is 2. The average molecular weight is 292 g/mol. The summed E-state index contributed by atoms with van der Waals surface area (Å²) >= 11 is 3.41. The van der Waals surface area contributed by atoms with Crippen LogP contribution in [0.2, 0.25) is 0 Å². The molecule has 0 aromatic heterocycles. The Morgan fingerprint density at radius 1 is 1.00 bits per heavy atom. The van der Waals surface area contributed by atoms with Gasteiger partial charge in [0.25, 0.3) is 0 Å². The van der Waals surface area contributed by atoms with Crippen molar-refractivity contribution in [3.05, 3.63) is 58.6 Å². The molecule has 0 aliphatic heterocycles. The number of rotatable bonds is 3. The van der Waals surface area contributed by atoms with E-state index >= 15 is 0 Å². The van der Waals surface area contributed by atoms with E-state index in [2.05, 4.69) is 21.2 Å². The van der Waals surface area contributed by atoms with Crippen LogP contribution >= 0.6 is 15.9 Å². The number of hydrogen-bond donors (Lipinski definition) is 2. The first-order valence-electron chi connectivity index (χ1n) is 5.02. The number of carbonyl (C=O) groups is 1. The zero-order valence-corrected chi connectivity index (χ0v) is 10.4. The number of carboxylic acids is 1. The Hall–Kier alpha value is -1.81. The first-order valence-corrected chi connectivity index (χ1v) is 5.81. The number of nitrogens with one attached hydrogen (secondary N) is 1. The summed E-state index contributed by atoms with van der Waals surface area (Å²) < 4.78 is 0.889. The number of para-hydroxylation sites is 2. The lowest BCUT2D eigenvalue weighted by Gasteiger charge is -2.10. The predicted molar refractivity (Wildman–Crippen MR) is 70.8 cm³/mol. The van der Waals surface area contributed by atoms with Gasteiger partial charge in [0.1, 0.15) is 0 Å². The predicted octanol–water partition coefficient (Wildman–Crippen LogP) is 3.89. The van der Waals surface area contributed by atoms with E-state index in [0.29, 0.717) is 5.69 Å². The molecule has 0 fully saturated rings. The normalized spacial score (nSPS) is 9.94. The second-order valence-electron chi connectivity index (χ2n) is 3.46. The third kappa shape index (κ3) is 2.65. The van der Waals surface area contributed by atoms with Gasteiger partial charge >= 0.3 is 5.97 Å². The highest BCUT2D eigenvalue weighted by molar-refractivity contribution is 9.10. The molecule has 0 atom stereocenters. The molecule has 0 saturated heterocycles. The highest BCUT2D eigenvalue weighted by Gasteiger charge is 2.09. The van der Waals surface area contributed by atoms with Crippen LogP contribution in [0, 0.1) is 0 Å². The van der Waals surface area contributed by atoms with Crippen LogP contribution in [0.5, 0.6) is 0 Å². The second kappa shape index (κ2) is 5.01. The lowest BCUT2D eigenvalue weighted by molar-refractivity contribution is 0.0698. The van der Waals surface area contributed by atoms with E-state index in [1.54, 1.807) is 24.3 Å². The summed E-state index contributed by atoms with van der Waals surface area (Å²) in [5, 5.41) is 12.2. The zero-order chi connectivity index (χ0) is 12.3. The van der Waals surface area contributed by atoms with Gasteiger partial charge in [-0.25, -0.2) is 4.79 Å². The maximum Gasteiger partial charge on any atom is 0.337 e. The molecule has 3 nitrogen and oxygen atoms in total. The van der Waals surface area contributed by atoms with Crippen molar-refractivity contribution < 1.29 is 9.90 Å². The number of benzene rings is 2. The molecule has 17 heavy (non-hydrogen) atoms. The van der Waals surface area contributed by atoms with Crippen LogP contribution in [0.3, 0.4) is 0 Å². The summed E-state index contributed by atoms with van der Waals surface area (Å²) in [5.74, 6) is -0.944. The summed E-state index contributed by atoms with van der Waals surface area (Å²) in [6.07, 6.45) is 0. The monoisotopic (exact) mass is 291 g/mol. The summed E-state index contributed by atoms with van der Waals surface area (Å²) in [6.45, 7) is 0. The van der Waals surface area contributed by atoms with Crippen molar-refractivity contribution in [3.8, 4) is 0 Å². The summed E-state index contributed by atoms with van der Waals surface area (Å²) in [7, 11) is 0. The smallest absolute Gasteiger partial charge is 0.337 e. The van der Waals surface area contributed by atoms with Gasteiger partial charge in [-0.15, -0.1) is 0 Å². The van der Waals surface area contributed by atoms with Gasteiger partial charge in [-0.2, -0.15) is 0 Å². The van der Waals surface area contributed by atoms with E-state index in [1.807, 2.05) is 24.3 Å². The van der Waals surface area contributed by atoms with E-state index in [9.17, 15) is 4.79 Å². The van der Waals surface area contributed by atoms with E-state index < -0.39 is 5.97 Å². The van der Waals surface area contributed by atoms with Gasteiger partial charge in [0, 0.05) is 4.47 Å². The fourth-order valence-corrected chi connectivity index (χ4v) is 1.87. The van der Waals surface area contributed by atoms with E-state index in [-0.39, 0.29) is 5.56 Å². The maximum atomic E-state index is 11.0. The van der Waals surface area contributed by atoms with Gasteiger partial charge in [0.15, 0.2) is 0 Å². The van der Waals surface area contributed by atoms with Crippen molar-refractivity contribution in [1.29, 1.82) is 0 Å². The third-order valence-electron chi connectivity index (χ3n) is 2.30. The molecule has 2 N–H and O–H groups in total. The van der Waals surface area contributed by atoms with E-state index in [1.165, 1.54) is 0 Å². The molecule has 0 heterocycles. The molecule has 0 amide bonds. The molecular weight excluding hydrogens is 282 g/mol. The Labute approximate surface area is 107 Å². The molecule has 4 heteroatoms. The van der Waals surface area contributed by atoms with Crippen LogP contribution < -0.4 is 5.32 Å². The Kier molecular flexibility index (Phi) is 3.44. The van der Waals surface area contributed by atoms with Gasteiger partial charge in [-0.3, -0.25) is 0 Å². The van der Waals surface area contributed by atoms with Crippen LogP contribution in [0.15, 0.2) is 53.0 Å². The minimum Gasteiger partial charge on any atom is -0.478 e. The Bertz CT molecular complexity index is 555.